The topological polar surface area (TPSA) is 122 Å². The van der Waals surface area contributed by atoms with Gasteiger partial charge in [-0.3, -0.25) is 9.69 Å². The van der Waals surface area contributed by atoms with Crippen LogP contribution in [0.5, 0.6) is 0 Å². The number of hydrogen-bond donors (Lipinski definition) is 1. The highest BCUT2D eigenvalue weighted by molar-refractivity contribution is 7.90. The van der Waals surface area contributed by atoms with Crippen LogP contribution in [-0.4, -0.2) is 46.9 Å². The number of aliphatic imine (C=N–C) groups is 1. The molecule has 2 heterocycles. The molecule has 1 aromatic heterocycles. The Morgan fingerprint density at radius 3 is 2.74 bits per heavy atom. The summed E-state index contributed by atoms with van der Waals surface area (Å²) in [6.45, 7) is 3.44. The highest BCUT2D eigenvalue weighted by atomic mass is 32.2. The molecule has 1 fully saturated rings. The maximum atomic E-state index is 12.8. The number of allylic oxidation sites excluding steroid dienone is 1. The molecule has 27 heavy (non-hydrogen) atoms. The van der Waals surface area contributed by atoms with Crippen LogP contribution in [0, 0.1) is 6.92 Å². The predicted octanol–water partition coefficient (Wildman–Crippen LogP) is 1.22. The Labute approximate surface area is 155 Å². The Kier molecular flexibility index (Phi) is 3.93. The van der Waals surface area contributed by atoms with E-state index in [2.05, 4.69) is 14.9 Å². The van der Waals surface area contributed by atoms with Gasteiger partial charge in [0, 0.05) is 11.6 Å². The van der Waals surface area contributed by atoms with Crippen LogP contribution in [-0.2, 0) is 21.4 Å². The van der Waals surface area contributed by atoms with Crippen LogP contribution < -0.4 is 4.72 Å². The van der Waals surface area contributed by atoms with E-state index in [-0.39, 0.29) is 17.8 Å². The summed E-state index contributed by atoms with van der Waals surface area (Å²) in [6.07, 6.45) is 5.72. The number of rotatable bonds is 5. The largest absolute Gasteiger partial charge is 0.359 e. The Morgan fingerprint density at radius 2 is 2.11 bits per heavy atom. The third-order valence-corrected chi connectivity index (χ3v) is 6.50. The average molecular weight is 390 g/mol. The average Bonchev–Trinajstić information content (AvgIpc) is 3.16. The van der Waals surface area contributed by atoms with Gasteiger partial charge in [0.15, 0.2) is 5.76 Å². The minimum Gasteiger partial charge on any atom is -0.359 e. The van der Waals surface area contributed by atoms with Crippen LogP contribution in [0.25, 0.3) is 0 Å². The first-order chi connectivity index (χ1) is 12.7. The van der Waals surface area contributed by atoms with Gasteiger partial charge in [-0.15, -0.1) is 0 Å². The number of fused-ring (bicyclic) bond motifs is 1. The van der Waals surface area contributed by atoms with Crippen LogP contribution in [0.15, 0.2) is 39.4 Å². The second-order valence-electron chi connectivity index (χ2n) is 7.22. The van der Waals surface area contributed by atoms with E-state index in [4.69, 9.17) is 4.52 Å². The Hall–Kier alpha value is -2.59. The van der Waals surface area contributed by atoms with Crippen molar-refractivity contribution in [3.8, 4) is 0 Å². The normalized spacial score (nSPS) is 23.8. The van der Waals surface area contributed by atoms with Gasteiger partial charge in [-0.1, -0.05) is 11.2 Å². The molecule has 0 saturated heterocycles. The predicted molar refractivity (Wildman–Crippen MR) is 95.3 cm³/mol. The molecular formula is C17H18N4O5S. The lowest BCUT2D eigenvalue weighted by atomic mass is 10.0. The van der Waals surface area contributed by atoms with Crippen LogP contribution in [0.2, 0.25) is 0 Å². The van der Waals surface area contributed by atoms with E-state index in [1.54, 1.807) is 13.0 Å². The van der Waals surface area contributed by atoms with Crippen LogP contribution in [0.4, 0.5) is 4.79 Å². The van der Waals surface area contributed by atoms with E-state index in [0.29, 0.717) is 11.5 Å². The number of carbonyl (C=O) groups is 2. The minimum absolute atomic E-state index is 0.0877. The summed E-state index contributed by atoms with van der Waals surface area (Å²) in [7, 11) is -3.69. The molecule has 2 aliphatic carbocycles. The molecule has 1 aliphatic heterocycles. The number of carbonyl (C=O) groups excluding carboxylic acids is 2. The molecule has 0 bridgehead atoms. The van der Waals surface area contributed by atoms with Crippen LogP contribution in [0.3, 0.4) is 0 Å². The number of urea groups is 1. The van der Waals surface area contributed by atoms with Crippen LogP contribution in [0.1, 0.15) is 31.2 Å². The number of nitrogens with one attached hydrogen (secondary N) is 1. The van der Waals surface area contributed by atoms with Gasteiger partial charge in [0.1, 0.15) is 5.25 Å². The van der Waals surface area contributed by atoms with Gasteiger partial charge < -0.3 is 4.52 Å². The molecule has 1 aromatic rings. The van der Waals surface area contributed by atoms with Crippen molar-refractivity contribution in [3.05, 3.63) is 41.3 Å². The van der Waals surface area contributed by atoms with Gasteiger partial charge >= 0.3 is 6.03 Å². The molecular weight excluding hydrogens is 372 g/mol. The molecule has 10 heteroatoms. The summed E-state index contributed by atoms with van der Waals surface area (Å²) in [5.74, 6) is -0.270. The SMILES string of the molecule is Cc1cc(CN2C(=O)N=C3C=CC(S(=O)(=O)NC4(C)CC4)C=C3C2=O)on1. The summed E-state index contributed by atoms with van der Waals surface area (Å²) < 4.78 is 32.9. The number of aryl methyl sites for hydroxylation is 1. The molecule has 3 aliphatic rings. The quantitative estimate of drug-likeness (QED) is 0.807. The highest BCUT2D eigenvalue weighted by Crippen LogP contribution is 2.36. The molecule has 1 saturated carbocycles. The summed E-state index contributed by atoms with van der Waals surface area (Å²) in [5.41, 5.74) is 0.461. The van der Waals surface area contributed by atoms with Crippen molar-refractivity contribution in [3.63, 3.8) is 0 Å². The first-order valence-corrected chi connectivity index (χ1v) is 10.0. The van der Waals surface area contributed by atoms with Gasteiger partial charge in [-0.2, -0.15) is 4.99 Å². The lowest BCUT2D eigenvalue weighted by Gasteiger charge is -2.26. The fourth-order valence-corrected chi connectivity index (χ4v) is 4.56. The van der Waals surface area contributed by atoms with Crippen molar-refractivity contribution in [2.75, 3.05) is 0 Å². The molecule has 1 atom stereocenters. The highest BCUT2D eigenvalue weighted by Gasteiger charge is 2.43. The Balaban J connectivity index is 1.61. The van der Waals surface area contributed by atoms with Crippen molar-refractivity contribution in [2.24, 2.45) is 4.99 Å². The van der Waals surface area contributed by atoms with Gasteiger partial charge in [0.2, 0.25) is 10.0 Å². The zero-order chi connectivity index (χ0) is 19.4. The smallest absolute Gasteiger partial charge is 0.351 e. The number of aromatic nitrogens is 1. The second-order valence-corrected chi connectivity index (χ2v) is 9.06. The van der Waals surface area contributed by atoms with Gasteiger partial charge in [0.25, 0.3) is 5.91 Å². The number of hydrogen-bond acceptors (Lipinski definition) is 6. The molecule has 0 radical (unpaired) electrons. The van der Waals surface area contributed by atoms with E-state index in [0.717, 1.165) is 17.7 Å². The fourth-order valence-electron chi connectivity index (χ4n) is 2.94. The van der Waals surface area contributed by atoms with E-state index in [9.17, 15) is 18.0 Å². The number of nitrogens with zero attached hydrogens (tertiary/aromatic N) is 3. The van der Waals surface area contributed by atoms with Gasteiger partial charge in [0.05, 0.1) is 23.5 Å². The first-order valence-electron chi connectivity index (χ1n) is 8.47. The number of amides is 3. The maximum Gasteiger partial charge on any atom is 0.351 e. The third kappa shape index (κ3) is 3.37. The van der Waals surface area contributed by atoms with E-state index in [1.807, 2.05) is 6.92 Å². The van der Waals surface area contributed by atoms with Crippen molar-refractivity contribution in [1.82, 2.24) is 14.8 Å². The summed E-state index contributed by atoms with van der Waals surface area (Å²) in [5, 5.41) is 2.72. The van der Waals surface area contributed by atoms with Crippen molar-refractivity contribution in [1.29, 1.82) is 0 Å². The minimum atomic E-state index is -3.69. The van der Waals surface area contributed by atoms with Gasteiger partial charge in [-0.25, -0.2) is 17.9 Å². The Morgan fingerprint density at radius 1 is 1.37 bits per heavy atom. The summed E-state index contributed by atoms with van der Waals surface area (Å²) >= 11 is 0. The van der Waals surface area contributed by atoms with Crippen molar-refractivity contribution in [2.45, 2.75) is 44.0 Å². The third-order valence-electron chi connectivity index (χ3n) is 4.71. The standard InChI is InChI=1S/C17H18N4O5S/c1-10-7-11(26-19-10)9-21-15(22)13-8-12(3-4-14(13)18-16(21)23)27(24,25)20-17(2)5-6-17/h3-4,7-8,12,20H,5-6,9H2,1-2H3. The van der Waals surface area contributed by atoms with Crippen molar-refractivity contribution < 1.29 is 22.5 Å². The number of sulfonamides is 1. The molecule has 4 rings (SSSR count). The lowest BCUT2D eigenvalue weighted by molar-refractivity contribution is -0.124. The molecule has 0 spiro atoms. The summed E-state index contributed by atoms with van der Waals surface area (Å²) in [6, 6.07) is 0.887. The summed E-state index contributed by atoms with van der Waals surface area (Å²) in [4.78, 5) is 29.8. The molecule has 0 aromatic carbocycles. The second kappa shape index (κ2) is 5.96. The molecule has 142 valence electrons. The monoisotopic (exact) mass is 390 g/mol. The Bertz CT molecular complexity index is 1030. The molecule has 9 nitrogen and oxygen atoms in total. The van der Waals surface area contributed by atoms with E-state index >= 15 is 0 Å². The zero-order valence-corrected chi connectivity index (χ0v) is 15.6. The van der Waals surface area contributed by atoms with Crippen molar-refractivity contribution >= 4 is 27.7 Å². The molecule has 1 unspecified atom stereocenters. The van der Waals surface area contributed by atoms with Gasteiger partial charge in [-0.05, 0) is 38.8 Å². The van der Waals surface area contributed by atoms with E-state index < -0.39 is 32.8 Å². The van der Waals surface area contributed by atoms with Crippen LogP contribution >= 0.6 is 0 Å². The zero-order valence-electron chi connectivity index (χ0n) is 14.8. The molecule has 3 amide bonds. The maximum absolute atomic E-state index is 12.8. The first kappa shape index (κ1) is 17.8. The lowest BCUT2D eigenvalue weighted by Crippen LogP contribution is -2.44. The number of imide groups is 1. The molecule has 1 N–H and O–H groups in total. The van der Waals surface area contributed by atoms with E-state index in [1.165, 1.54) is 18.2 Å². The fraction of sp³-hybridized carbons (Fsp3) is 0.412.